The highest BCUT2D eigenvalue weighted by atomic mass is 35.5. The van der Waals surface area contributed by atoms with Gasteiger partial charge in [-0.05, 0) is 31.0 Å². The highest BCUT2D eigenvalue weighted by Crippen LogP contribution is 2.43. The fourth-order valence-corrected chi connectivity index (χ4v) is 3.29. The molecule has 5 nitrogen and oxygen atoms in total. The van der Waals surface area contributed by atoms with Gasteiger partial charge in [0.1, 0.15) is 5.82 Å². The zero-order chi connectivity index (χ0) is 15.1. The molecule has 0 spiro atoms. The van der Waals surface area contributed by atoms with Crippen molar-refractivity contribution in [2.45, 2.75) is 25.0 Å². The number of amides is 1. The summed E-state index contributed by atoms with van der Waals surface area (Å²) in [6, 6.07) is 3.77. The van der Waals surface area contributed by atoms with Gasteiger partial charge in [-0.1, -0.05) is 11.6 Å². The van der Waals surface area contributed by atoms with E-state index in [2.05, 4.69) is 5.32 Å². The lowest BCUT2D eigenvalue weighted by atomic mass is 9.78. The third kappa shape index (κ3) is 2.49. The van der Waals surface area contributed by atoms with Crippen LogP contribution in [-0.4, -0.2) is 24.1 Å². The maximum Gasteiger partial charge on any atom is 0.230 e. The second-order valence-electron chi connectivity index (χ2n) is 5.28. The summed E-state index contributed by atoms with van der Waals surface area (Å²) in [7, 11) is 0. The molecular weight excluding hydrogens is 301 g/mol. The quantitative estimate of drug-likeness (QED) is 0.901. The molecule has 2 heterocycles. The number of rotatable bonds is 3. The minimum absolute atomic E-state index is 0.117. The lowest BCUT2D eigenvalue weighted by molar-refractivity contribution is -0.313. The van der Waals surface area contributed by atoms with E-state index in [1.54, 1.807) is 0 Å². The number of nitrogens with one attached hydrogen (secondary N) is 1. The Morgan fingerprint density at radius 1 is 1.29 bits per heavy atom. The maximum atomic E-state index is 13.1. The Bertz CT molecular complexity index is 609. The zero-order valence-electron chi connectivity index (χ0n) is 10.8. The van der Waals surface area contributed by atoms with Crippen LogP contribution in [0.1, 0.15) is 12.8 Å². The van der Waals surface area contributed by atoms with E-state index in [9.17, 15) is 19.1 Å². The van der Waals surface area contributed by atoms with E-state index in [1.165, 1.54) is 12.1 Å². The first-order valence-corrected chi connectivity index (χ1v) is 6.97. The van der Waals surface area contributed by atoms with Crippen LogP contribution >= 0.6 is 11.6 Å². The fourth-order valence-electron chi connectivity index (χ4n) is 3.11. The number of carbonyl (C=O) groups is 2. The molecule has 7 heteroatoms. The van der Waals surface area contributed by atoms with Crippen molar-refractivity contribution in [2.75, 3.05) is 5.32 Å². The van der Waals surface area contributed by atoms with Crippen molar-refractivity contribution in [1.82, 2.24) is 0 Å². The Hall–Kier alpha value is -1.66. The molecule has 112 valence electrons. The second-order valence-corrected chi connectivity index (χ2v) is 5.69. The molecule has 1 aromatic rings. The number of halogens is 2. The molecule has 1 N–H and O–H groups in total. The average Bonchev–Trinajstić information content (AvgIpc) is 3.03. The molecular formula is C14H12ClFNO4-. The van der Waals surface area contributed by atoms with Gasteiger partial charge in [0.15, 0.2) is 0 Å². The molecule has 2 saturated heterocycles. The standard InChI is InChI=1S/C14H13ClFNO4/c15-7-5-6(1-2-8(7)16)17-13(18)11-9-3-4-10(21-9)12(11)14(19)20/h1-2,5,9-12H,3-4H2,(H,17,18)(H,19,20)/p-1/t9-,10+,11+,12-/m1/s1. The first-order valence-electron chi connectivity index (χ1n) is 6.59. The lowest BCUT2D eigenvalue weighted by Crippen LogP contribution is -2.46. The molecule has 0 aliphatic carbocycles. The molecule has 2 fully saturated rings. The van der Waals surface area contributed by atoms with Gasteiger partial charge < -0.3 is 20.0 Å². The van der Waals surface area contributed by atoms with Crippen LogP contribution in [0.2, 0.25) is 5.02 Å². The van der Waals surface area contributed by atoms with E-state index in [0.29, 0.717) is 18.5 Å². The molecule has 0 aromatic heterocycles. The predicted octanol–water partition coefficient (Wildman–Crippen LogP) is 0.961. The Morgan fingerprint density at radius 2 is 1.95 bits per heavy atom. The van der Waals surface area contributed by atoms with Gasteiger partial charge in [0.25, 0.3) is 0 Å². The number of carboxylic acids is 1. The Morgan fingerprint density at radius 3 is 2.57 bits per heavy atom. The molecule has 2 aliphatic rings. The summed E-state index contributed by atoms with van der Waals surface area (Å²) < 4.78 is 18.6. The van der Waals surface area contributed by atoms with E-state index in [1.807, 2.05) is 0 Å². The van der Waals surface area contributed by atoms with Gasteiger partial charge in [0, 0.05) is 17.6 Å². The highest BCUT2D eigenvalue weighted by molar-refractivity contribution is 6.31. The smallest absolute Gasteiger partial charge is 0.230 e. The summed E-state index contributed by atoms with van der Waals surface area (Å²) >= 11 is 5.64. The number of benzene rings is 1. The van der Waals surface area contributed by atoms with E-state index >= 15 is 0 Å². The van der Waals surface area contributed by atoms with E-state index in [0.717, 1.165) is 6.07 Å². The first kappa shape index (κ1) is 14.3. The predicted molar refractivity (Wildman–Crippen MR) is 69.9 cm³/mol. The first-order chi connectivity index (χ1) is 9.97. The van der Waals surface area contributed by atoms with Crippen molar-refractivity contribution in [3.63, 3.8) is 0 Å². The van der Waals surface area contributed by atoms with Crippen molar-refractivity contribution >= 4 is 29.2 Å². The Labute approximate surface area is 125 Å². The highest BCUT2D eigenvalue weighted by Gasteiger charge is 2.52. The van der Waals surface area contributed by atoms with Gasteiger partial charge in [0.2, 0.25) is 5.91 Å². The van der Waals surface area contributed by atoms with Gasteiger partial charge in [-0.25, -0.2) is 4.39 Å². The Balaban J connectivity index is 1.78. The van der Waals surface area contributed by atoms with Crippen molar-refractivity contribution < 1.29 is 23.8 Å². The summed E-state index contributed by atoms with van der Waals surface area (Å²) in [5, 5.41) is 13.7. The maximum absolute atomic E-state index is 13.1. The van der Waals surface area contributed by atoms with Gasteiger partial charge in [-0.2, -0.15) is 0 Å². The minimum Gasteiger partial charge on any atom is -0.550 e. The Kier molecular flexibility index (Phi) is 3.59. The minimum atomic E-state index is -1.28. The van der Waals surface area contributed by atoms with Crippen LogP contribution in [0, 0.1) is 17.7 Å². The number of aliphatic carboxylic acids is 1. The average molecular weight is 313 g/mol. The van der Waals surface area contributed by atoms with Crippen molar-refractivity contribution in [1.29, 1.82) is 0 Å². The number of fused-ring (bicyclic) bond motifs is 2. The molecule has 2 aliphatic heterocycles. The van der Waals surface area contributed by atoms with E-state index in [-0.39, 0.29) is 5.02 Å². The molecule has 1 aromatic carbocycles. The van der Waals surface area contributed by atoms with Gasteiger partial charge >= 0.3 is 0 Å². The summed E-state index contributed by atoms with van der Waals surface area (Å²) in [5.41, 5.74) is 0.311. The molecule has 0 saturated carbocycles. The van der Waals surface area contributed by atoms with Crippen LogP contribution in [0.25, 0.3) is 0 Å². The van der Waals surface area contributed by atoms with Crippen LogP contribution in [0.15, 0.2) is 18.2 Å². The van der Waals surface area contributed by atoms with Gasteiger partial charge in [-0.15, -0.1) is 0 Å². The van der Waals surface area contributed by atoms with Crippen LogP contribution in [-0.2, 0) is 14.3 Å². The third-order valence-corrected chi connectivity index (χ3v) is 4.32. The molecule has 0 radical (unpaired) electrons. The molecule has 2 bridgehead atoms. The summed E-state index contributed by atoms with van der Waals surface area (Å²) in [6.07, 6.45) is 0.396. The number of hydrogen-bond acceptors (Lipinski definition) is 4. The van der Waals surface area contributed by atoms with Gasteiger partial charge in [0.05, 0.1) is 23.1 Å². The van der Waals surface area contributed by atoms with Crippen molar-refractivity contribution in [3.8, 4) is 0 Å². The van der Waals surface area contributed by atoms with Crippen LogP contribution in [0.3, 0.4) is 0 Å². The monoisotopic (exact) mass is 312 g/mol. The summed E-state index contributed by atoms with van der Waals surface area (Å²) in [5.74, 6) is -4.08. The number of carboxylic acid groups (broad SMARTS) is 1. The zero-order valence-corrected chi connectivity index (χ0v) is 11.6. The number of hydrogen-bond donors (Lipinski definition) is 1. The van der Waals surface area contributed by atoms with Crippen LogP contribution in [0.5, 0.6) is 0 Å². The fraction of sp³-hybridized carbons (Fsp3) is 0.429. The van der Waals surface area contributed by atoms with Crippen molar-refractivity contribution in [3.05, 3.63) is 29.0 Å². The topological polar surface area (TPSA) is 78.5 Å². The molecule has 3 rings (SSSR count). The molecule has 0 unspecified atom stereocenters. The van der Waals surface area contributed by atoms with Crippen LogP contribution in [0.4, 0.5) is 10.1 Å². The van der Waals surface area contributed by atoms with E-state index < -0.39 is 41.7 Å². The largest absolute Gasteiger partial charge is 0.550 e. The number of carbonyl (C=O) groups excluding carboxylic acids is 2. The normalized spacial score (nSPS) is 30.4. The van der Waals surface area contributed by atoms with Crippen molar-refractivity contribution in [2.24, 2.45) is 11.8 Å². The SMILES string of the molecule is O=C(Nc1ccc(F)c(Cl)c1)[C@@H]1[C@H](C(=O)[O-])[C@@H]2CC[C@H]1O2. The van der Waals surface area contributed by atoms with Gasteiger partial charge in [-0.3, -0.25) is 4.79 Å². The number of ether oxygens (including phenoxy) is 1. The van der Waals surface area contributed by atoms with Crippen LogP contribution < -0.4 is 10.4 Å². The lowest BCUT2D eigenvalue weighted by Gasteiger charge is -2.27. The molecule has 4 atom stereocenters. The number of anilines is 1. The second kappa shape index (κ2) is 5.27. The third-order valence-electron chi connectivity index (χ3n) is 4.04. The summed E-state index contributed by atoms with van der Waals surface area (Å²) in [6.45, 7) is 0. The molecule has 1 amide bonds. The van der Waals surface area contributed by atoms with E-state index in [4.69, 9.17) is 16.3 Å². The summed E-state index contributed by atoms with van der Waals surface area (Å²) in [4.78, 5) is 23.5. The molecule has 21 heavy (non-hydrogen) atoms.